The van der Waals surface area contributed by atoms with E-state index in [4.69, 9.17) is 9.47 Å². The van der Waals surface area contributed by atoms with Crippen LogP contribution >= 0.6 is 0 Å². The van der Waals surface area contributed by atoms with Crippen molar-refractivity contribution in [2.24, 2.45) is 0 Å². The first kappa shape index (κ1) is 17.3. The molecule has 7 heteroatoms. The summed E-state index contributed by atoms with van der Waals surface area (Å²) >= 11 is 0. The van der Waals surface area contributed by atoms with E-state index >= 15 is 0 Å². The number of hydrogen-bond acceptors (Lipinski definition) is 5. The van der Waals surface area contributed by atoms with Gasteiger partial charge in [0.05, 0.1) is 23.8 Å². The number of carbonyl (C=O) groups excluding carboxylic acids is 1. The number of aromatic amines is 1. The van der Waals surface area contributed by atoms with Crippen LogP contribution in [0.2, 0.25) is 0 Å². The van der Waals surface area contributed by atoms with Gasteiger partial charge in [-0.3, -0.25) is 4.90 Å². The summed E-state index contributed by atoms with van der Waals surface area (Å²) in [6, 6.07) is 7.55. The molecule has 1 N–H and O–H groups in total. The molecule has 0 radical (unpaired) electrons. The lowest BCUT2D eigenvalue weighted by Gasteiger charge is -2.27. The molecule has 1 amide bonds. The molecule has 140 valence electrons. The Labute approximate surface area is 157 Å². The molecule has 0 aliphatic carbocycles. The van der Waals surface area contributed by atoms with Crippen molar-refractivity contribution in [3.05, 3.63) is 48.0 Å². The fourth-order valence-corrected chi connectivity index (χ4v) is 3.24. The number of H-pyrrole nitrogens is 1. The molecule has 1 atom stereocenters. The number of rotatable bonds is 2. The van der Waals surface area contributed by atoms with Gasteiger partial charge in [-0.15, -0.1) is 0 Å². The van der Waals surface area contributed by atoms with Gasteiger partial charge in [0.25, 0.3) is 0 Å². The molecule has 0 bridgehead atoms. The number of hydrogen-bond donors (Lipinski definition) is 1. The second-order valence-corrected chi connectivity index (χ2v) is 7.65. The van der Waals surface area contributed by atoms with Gasteiger partial charge in [-0.1, -0.05) is 0 Å². The van der Waals surface area contributed by atoms with E-state index in [9.17, 15) is 4.79 Å². The Morgan fingerprint density at radius 3 is 2.85 bits per heavy atom. The third kappa shape index (κ3) is 3.32. The number of ether oxygens (including phenoxy) is 2. The average Bonchev–Trinajstić information content (AvgIpc) is 3.18. The van der Waals surface area contributed by atoms with Gasteiger partial charge >= 0.3 is 6.09 Å². The topological polar surface area (TPSA) is 80.3 Å². The predicted octanol–water partition coefficient (Wildman–Crippen LogP) is 4.56. The molecule has 1 aliphatic heterocycles. The van der Waals surface area contributed by atoms with Gasteiger partial charge in [0.1, 0.15) is 17.7 Å². The minimum atomic E-state index is -0.553. The fourth-order valence-electron chi connectivity index (χ4n) is 3.24. The molecule has 0 saturated heterocycles. The van der Waals surface area contributed by atoms with Crippen molar-refractivity contribution in [2.45, 2.75) is 45.9 Å². The van der Waals surface area contributed by atoms with Crippen LogP contribution in [0.1, 0.15) is 45.0 Å². The number of aromatic nitrogens is 3. The number of nitrogens with zero attached hydrogens (tertiary/aromatic N) is 3. The summed E-state index contributed by atoms with van der Waals surface area (Å²) in [5.41, 5.74) is 2.08. The summed E-state index contributed by atoms with van der Waals surface area (Å²) in [5.74, 6) is 1.15. The number of fused-ring (bicyclic) bond motifs is 2. The minimum absolute atomic E-state index is 0.234. The summed E-state index contributed by atoms with van der Waals surface area (Å²) in [7, 11) is 0. The Morgan fingerprint density at radius 1 is 1.26 bits per heavy atom. The predicted molar refractivity (Wildman–Crippen MR) is 101 cm³/mol. The Balaban J connectivity index is 1.61. The normalized spacial score (nSPS) is 16.4. The summed E-state index contributed by atoms with van der Waals surface area (Å²) in [5, 5.41) is 1.06. The largest absolute Gasteiger partial charge is 0.444 e. The fraction of sp³-hybridized carbons (Fsp3) is 0.350. The quantitative estimate of drug-likeness (QED) is 0.719. The zero-order valence-corrected chi connectivity index (χ0v) is 15.8. The van der Waals surface area contributed by atoms with Crippen molar-refractivity contribution in [1.29, 1.82) is 0 Å². The number of benzene rings is 1. The van der Waals surface area contributed by atoms with E-state index in [1.807, 2.05) is 58.2 Å². The molecule has 1 aliphatic rings. The molecule has 2 aromatic heterocycles. The minimum Gasteiger partial charge on any atom is -0.444 e. The van der Waals surface area contributed by atoms with Gasteiger partial charge in [0, 0.05) is 17.1 Å². The third-order valence-electron chi connectivity index (χ3n) is 4.50. The van der Waals surface area contributed by atoms with Crippen molar-refractivity contribution in [3.8, 4) is 11.6 Å². The van der Waals surface area contributed by atoms with Gasteiger partial charge in [0.2, 0.25) is 5.88 Å². The highest BCUT2D eigenvalue weighted by molar-refractivity contribution is 5.80. The second kappa shape index (κ2) is 6.26. The molecule has 1 unspecified atom stereocenters. The van der Waals surface area contributed by atoms with E-state index in [0.717, 1.165) is 22.2 Å². The van der Waals surface area contributed by atoms with Crippen LogP contribution in [-0.4, -0.2) is 31.5 Å². The molecular formula is C20H22N4O3. The van der Waals surface area contributed by atoms with Crippen molar-refractivity contribution in [1.82, 2.24) is 19.9 Å². The lowest BCUT2D eigenvalue weighted by molar-refractivity contribution is 0.0185. The van der Waals surface area contributed by atoms with E-state index < -0.39 is 5.60 Å². The molecule has 0 saturated carbocycles. The first-order valence-electron chi connectivity index (χ1n) is 8.90. The summed E-state index contributed by atoms with van der Waals surface area (Å²) in [6.45, 7) is 7.86. The van der Waals surface area contributed by atoms with Crippen molar-refractivity contribution >= 4 is 17.0 Å². The van der Waals surface area contributed by atoms with Crippen LogP contribution in [0.3, 0.4) is 0 Å². The highest BCUT2D eigenvalue weighted by Gasteiger charge is 2.37. The molecule has 3 heterocycles. The molecule has 27 heavy (non-hydrogen) atoms. The maximum atomic E-state index is 12.5. The van der Waals surface area contributed by atoms with Gasteiger partial charge < -0.3 is 14.5 Å². The van der Waals surface area contributed by atoms with Gasteiger partial charge in [-0.2, -0.15) is 0 Å². The smallest absolute Gasteiger partial charge is 0.411 e. The monoisotopic (exact) mass is 366 g/mol. The molecule has 0 spiro atoms. The third-order valence-corrected chi connectivity index (χ3v) is 4.50. The van der Waals surface area contributed by atoms with Gasteiger partial charge in [-0.25, -0.2) is 14.8 Å². The highest BCUT2D eigenvalue weighted by Crippen LogP contribution is 2.39. The number of amides is 1. The number of nitrogens with one attached hydrogen (secondary N) is 1. The summed E-state index contributed by atoms with van der Waals surface area (Å²) < 4.78 is 11.6. The van der Waals surface area contributed by atoms with E-state index in [2.05, 4.69) is 15.0 Å². The molecular weight excluding hydrogens is 344 g/mol. The lowest BCUT2D eigenvalue weighted by atomic mass is 10.1. The van der Waals surface area contributed by atoms with Crippen LogP contribution in [0.4, 0.5) is 4.79 Å². The van der Waals surface area contributed by atoms with Gasteiger partial charge in [0.15, 0.2) is 0 Å². The van der Waals surface area contributed by atoms with Crippen LogP contribution < -0.4 is 4.74 Å². The molecule has 7 nitrogen and oxygen atoms in total. The van der Waals surface area contributed by atoms with Crippen LogP contribution in [0.5, 0.6) is 11.6 Å². The first-order valence-corrected chi connectivity index (χ1v) is 8.90. The van der Waals surface area contributed by atoms with E-state index in [1.165, 1.54) is 6.33 Å². The second-order valence-electron chi connectivity index (χ2n) is 7.65. The maximum Gasteiger partial charge on any atom is 0.411 e. The van der Waals surface area contributed by atoms with E-state index in [-0.39, 0.29) is 12.1 Å². The Bertz CT molecular complexity index is 1010. The highest BCUT2D eigenvalue weighted by atomic mass is 16.6. The Hall–Kier alpha value is -3.09. The average molecular weight is 366 g/mol. The summed E-state index contributed by atoms with van der Waals surface area (Å²) in [4.78, 5) is 26.0. The van der Waals surface area contributed by atoms with Crippen LogP contribution in [0.15, 0.2) is 36.8 Å². The van der Waals surface area contributed by atoms with E-state index in [1.54, 1.807) is 4.90 Å². The Morgan fingerprint density at radius 2 is 2.07 bits per heavy atom. The van der Waals surface area contributed by atoms with Crippen LogP contribution in [-0.2, 0) is 11.3 Å². The lowest BCUT2D eigenvalue weighted by Crippen LogP contribution is -2.35. The Kier molecular flexibility index (Phi) is 4.02. The zero-order valence-electron chi connectivity index (χ0n) is 15.8. The van der Waals surface area contributed by atoms with Gasteiger partial charge in [-0.05, 0) is 52.0 Å². The van der Waals surface area contributed by atoms with Crippen LogP contribution in [0, 0.1) is 0 Å². The molecule has 3 aromatic rings. The van der Waals surface area contributed by atoms with Crippen molar-refractivity contribution in [2.75, 3.05) is 0 Å². The first-order chi connectivity index (χ1) is 12.8. The SMILES string of the molecule is CC1c2c(ncnc2Oc2ccc3[nH]ccc3c2)CN1C(=O)OC(C)(C)C. The standard InChI is InChI=1S/C20H22N4O3/c1-12-17-16(10-24(12)19(25)27-20(2,3)4)22-11-23-18(17)26-14-5-6-15-13(9-14)7-8-21-15/h5-9,11-12,21H,10H2,1-4H3. The van der Waals surface area contributed by atoms with Crippen LogP contribution in [0.25, 0.3) is 10.9 Å². The van der Waals surface area contributed by atoms with E-state index in [0.29, 0.717) is 18.2 Å². The van der Waals surface area contributed by atoms with Crippen molar-refractivity contribution < 1.29 is 14.3 Å². The molecule has 1 aromatic carbocycles. The summed E-state index contributed by atoms with van der Waals surface area (Å²) in [6.07, 6.45) is 2.99. The molecule has 4 rings (SSSR count). The van der Waals surface area contributed by atoms with Crippen molar-refractivity contribution in [3.63, 3.8) is 0 Å². The number of carbonyl (C=O) groups is 1. The zero-order chi connectivity index (χ0) is 19.2. The molecule has 0 fully saturated rings. The maximum absolute atomic E-state index is 12.5.